The van der Waals surface area contributed by atoms with E-state index in [1.54, 1.807) is 0 Å². The van der Waals surface area contributed by atoms with Gasteiger partial charge in [-0.15, -0.1) is 0 Å². The summed E-state index contributed by atoms with van der Waals surface area (Å²) in [5.74, 6) is 0.174. The third kappa shape index (κ3) is 1.85. The third-order valence-electron chi connectivity index (χ3n) is 2.70. The molecule has 15 heavy (non-hydrogen) atoms. The van der Waals surface area contributed by atoms with Crippen LogP contribution < -0.4 is 4.91 Å². The molecule has 1 N–H and O–H groups in total. The van der Waals surface area contributed by atoms with Gasteiger partial charge in [-0.2, -0.15) is 0 Å². The average Bonchev–Trinajstić information content (AvgIpc) is 2.41. The predicted octanol–water partition coefficient (Wildman–Crippen LogP) is 2.64. The second-order valence-corrected chi connectivity index (χ2v) is 3.63. The van der Waals surface area contributed by atoms with Gasteiger partial charge in [-0.1, -0.05) is 24.3 Å². The molecule has 1 aromatic rings. The number of ketones is 1. The van der Waals surface area contributed by atoms with Crippen molar-refractivity contribution in [2.24, 2.45) is 5.11 Å². The molecule has 0 fully saturated rings. The fourth-order valence-corrected chi connectivity index (χ4v) is 1.98. The topological polar surface area (TPSA) is 67.4 Å². The summed E-state index contributed by atoms with van der Waals surface area (Å²) in [6, 6.07) is 7.36. The summed E-state index contributed by atoms with van der Waals surface area (Å²) in [5, 5.41) is 3.86. The van der Waals surface area contributed by atoms with Crippen LogP contribution in [-0.4, -0.2) is 5.78 Å². The molecule has 1 aliphatic carbocycles. The lowest BCUT2D eigenvalue weighted by Crippen LogP contribution is -2.01. The van der Waals surface area contributed by atoms with E-state index in [4.69, 9.17) is 5.53 Å². The molecule has 0 spiro atoms. The normalized spacial score (nSPS) is 20.0. The van der Waals surface area contributed by atoms with E-state index in [-0.39, 0.29) is 11.8 Å². The minimum Gasteiger partial charge on any atom is -0.294 e. The van der Waals surface area contributed by atoms with Crippen molar-refractivity contribution in [3.8, 4) is 0 Å². The second kappa shape index (κ2) is 4.15. The number of carbonyl (C=O) groups is 1. The van der Waals surface area contributed by atoms with Gasteiger partial charge in [0.05, 0.1) is 0 Å². The first-order valence-electron chi connectivity index (χ1n) is 5.01. The zero-order valence-electron chi connectivity index (χ0n) is 8.31. The molecule has 0 heterocycles. The van der Waals surface area contributed by atoms with E-state index in [1.165, 1.54) is 0 Å². The van der Waals surface area contributed by atoms with Crippen molar-refractivity contribution in [1.29, 1.82) is 5.53 Å². The van der Waals surface area contributed by atoms with Gasteiger partial charge in [0.25, 0.3) is 0 Å². The van der Waals surface area contributed by atoms with Crippen LogP contribution in [0.1, 0.15) is 41.2 Å². The van der Waals surface area contributed by atoms with Crippen LogP contribution in [0, 0.1) is 5.53 Å². The molecule has 1 unspecified atom stereocenters. The first kappa shape index (κ1) is 9.74. The Morgan fingerprint density at radius 2 is 2.20 bits per heavy atom. The summed E-state index contributed by atoms with van der Waals surface area (Å²) in [4.78, 5) is 14.8. The second-order valence-electron chi connectivity index (χ2n) is 3.63. The minimum atomic E-state index is -0.120. The number of nitrogens with one attached hydrogen (secondary N) is 1. The molecule has 4 heteroatoms. The minimum absolute atomic E-state index is 0.120. The summed E-state index contributed by atoms with van der Waals surface area (Å²) < 4.78 is 0. The highest BCUT2D eigenvalue weighted by Gasteiger charge is 2.25. The lowest BCUT2D eigenvalue weighted by Gasteiger charge is -2.05. The van der Waals surface area contributed by atoms with E-state index in [0.717, 1.165) is 24.0 Å². The summed E-state index contributed by atoms with van der Waals surface area (Å²) in [7, 11) is 0. The highest BCUT2D eigenvalue weighted by molar-refractivity contribution is 5.97. The van der Waals surface area contributed by atoms with Gasteiger partial charge in [0, 0.05) is 12.0 Å². The van der Waals surface area contributed by atoms with Crippen molar-refractivity contribution in [3.05, 3.63) is 35.4 Å². The molecule has 0 aliphatic heterocycles. The quantitative estimate of drug-likeness (QED) is 0.424. The van der Waals surface area contributed by atoms with Crippen LogP contribution in [0.5, 0.6) is 0 Å². The van der Waals surface area contributed by atoms with Gasteiger partial charge in [-0.25, -0.2) is 0 Å². The van der Waals surface area contributed by atoms with Crippen LogP contribution >= 0.6 is 0 Å². The van der Waals surface area contributed by atoms with Crippen molar-refractivity contribution < 1.29 is 4.79 Å². The number of Topliss-reactive ketones (excluding diaryl/α,β-unsaturated/α-hetero) is 1. The number of hydrogen-bond donors (Lipinski definition) is 1. The zero-order chi connectivity index (χ0) is 10.7. The average molecular weight is 202 g/mol. The molecule has 0 saturated carbocycles. The molecule has 0 radical (unpaired) electrons. The number of fused-ring (bicyclic) bond motifs is 1. The van der Waals surface area contributed by atoms with Crippen LogP contribution in [0.15, 0.2) is 29.4 Å². The van der Waals surface area contributed by atoms with Crippen molar-refractivity contribution in [2.45, 2.75) is 25.3 Å². The van der Waals surface area contributed by atoms with Gasteiger partial charge in [0.2, 0.25) is 4.91 Å². The highest BCUT2D eigenvalue weighted by atomic mass is 16.1. The maximum absolute atomic E-state index is 11.7. The Balaban J connectivity index is 2.51. The predicted molar refractivity (Wildman–Crippen MR) is 54.6 cm³/mol. The van der Waals surface area contributed by atoms with Crippen LogP contribution in [0.4, 0.5) is 0 Å². The smallest absolute Gasteiger partial charge is 0.214 e. The van der Waals surface area contributed by atoms with Gasteiger partial charge in [-0.05, 0) is 18.4 Å². The number of rotatable bonds is 1. The van der Waals surface area contributed by atoms with Crippen LogP contribution in [-0.2, 0) is 0 Å². The molecular weight excluding hydrogens is 190 g/mol. The zero-order valence-corrected chi connectivity index (χ0v) is 8.31. The molecule has 1 atom stereocenters. The monoisotopic (exact) mass is 202 g/mol. The summed E-state index contributed by atoms with van der Waals surface area (Å²) in [6.45, 7) is 0. The van der Waals surface area contributed by atoms with Crippen molar-refractivity contribution in [3.63, 3.8) is 0 Å². The Morgan fingerprint density at radius 1 is 1.40 bits per heavy atom. The highest BCUT2D eigenvalue weighted by Crippen LogP contribution is 2.30. The van der Waals surface area contributed by atoms with E-state index >= 15 is 0 Å². The number of hydrogen-bond acceptors (Lipinski definition) is 3. The number of nitrogens with zero attached hydrogens (tertiary/aromatic N) is 2. The fraction of sp³-hybridized carbons (Fsp3) is 0.364. The van der Waals surface area contributed by atoms with E-state index in [0.29, 0.717) is 6.42 Å². The SMILES string of the molecule is N=[N+]=NC1CCCC(=O)c2ccccc21. The van der Waals surface area contributed by atoms with Crippen LogP contribution in [0.2, 0.25) is 0 Å². The summed E-state index contributed by atoms with van der Waals surface area (Å²) in [5.41, 5.74) is 8.43. The van der Waals surface area contributed by atoms with Gasteiger partial charge >= 0.3 is 0 Å². The van der Waals surface area contributed by atoms with Crippen LogP contribution in [0.25, 0.3) is 0 Å². The summed E-state index contributed by atoms with van der Waals surface area (Å²) in [6.07, 6.45) is 2.18. The molecule has 2 rings (SSSR count). The first-order chi connectivity index (χ1) is 7.33. The third-order valence-corrected chi connectivity index (χ3v) is 2.70. The van der Waals surface area contributed by atoms with Gasteiger partial charge < -0.3 is 0 Å². The molecule has 0 aromatic heterocycles. The standard InChI is InChI=1S/C11H12N3O/c12-14-13-10-6-3-7-11(15)9-5-2-1-4-8(9)10/h1-2,4-5,10,12H,3,6-7H2/q+1. The Kier molecular flexibility index (Phi) is 2.70. The molecule has 0 saturated heterocycles. The number of carbonyl (C=O) groups excluding carboxylic acids is 1. The molecule has 76 valence electrons. The molecule has 1 aromatic carbocycles. The maximum Gasteiger partial charge on any atom is 0.214 e. The van der Waals surface area contributed by atoms with Gasteiger partial charge in [0.15, 0.2) is 11.8 Å². The molecule has 4 nitrogen and oxygen atoms in total. The Labute approximate surface area is 87.5 Å². The van der Waals surface area contributed by atoms with Crippen molar-refractivity contribution >= 4 is 5.78 Å². The van der Waals surface area contributed by atoms with E-state index < -0.39 is 0 Å². The summed E-state index contributed by atoms with van der Waals surface area (Å²) >= 11 is 0. The molecule has 1 aliphatic rings. The maximum atomic E-state index is 11.7. The Bertz CT molecular complexity index is 435. The largest absolute Gasteiger partial charge is 0.294 e. The van der Waals surface area contributed by atoms with Gasteiger partial charge in [0.1, 0.15) is 10.6 Å². The van der Waals surface area contributed by atoms with Crippen molar-refractivity contribution in [1.82, 2.24) is 4.91 Å². The van der Waals surface area contributed by atoms with E-state index in [2.05, 4.69) is 10.0 Å². The molecule has 0 amide bonds. The molecular formula is C11H12N3O+. The Morgan fingerprint density at radius 3 is 3.00 bits per heavy atom. The Hall–Kier alpha value is -1.80. The van der Waals surface area contributed by atoms with Crippen molar-refractivity contribution in [2.75, 3.05) is 0 Å². The van der Waals surface area contributed by atoms with E-state index in [9.17, 15) is 4.79 Å². The van der Waals surface area contributed by atoms with Gasteiger partial charge in [-0.3, -0.25) is 4.79 Å². The number of benzene rings is 1. The first-order valence-corrected chi connectivity index (χ1v) is 5.01. The fourth-order valence-electron chi connectivity index (χ4n) is 1.98. The molecule has 0 bridgehead atoms. The van der Waals surface area contributed by atoms with E-state index in [1.807, 2.05) is 24.3 Å². The van der Waals surface area contributed by atoms with Crippen LogP contribution in [0.3, 0.4) is 0 Å². The lowest BCUT2D eigenvalue weighted by atomic mass is 9.99. The lowest BCUT2D eigenvalue weighted by molar-refractivity contribution is 0.0982.